The first kappa shape index (κ1) is 19.2. The standard InChI is InChI=1S/C25H18N2O3/c1-17-23(27-24(30-17)20-7-3-2-4-8-20)25(28)29-16-18-11-13-19(14-12-18)22-10-6-5-9-21(22)15-26/h2-14H,16H2,1H3. The summed E-state index contributed by atoms with van der Waals surface area (Å²) >= 11 is 0. The molecule has 4 rings (SSSR count). The Morgan fingerprint density at radius 1 is 0.967 bits per heavy atom. The molecule has 0 bridgehead atoms. The average molecular weight is 394 g/mol. The first-order chi connectivity index (χ1) is 14.7. The molecule has 1 heterocycles. The molecule has 0 aliphatic rings. The van der Waals surface area contributed by atoms with E-state index in [2.05, 4.69) is 11.1 Å². The van der Waals surface area contributed by atoms with E-state index in [9.17, 15) is 10.1 Å². The molecule has 146 valence electrons. The lowest BCUT2D eigenvalue weighted by molar-refractivity contribution is 0.0464. The summed E-state index contributed by atoms with van der Waals surface area (Å²) < 4.78 is 11.0. The molecule has 0 radical (unpaired) electrons. The van der Waals surface area contributed by atoms with Crippen molar-refractivity contribution in [3.05, 3.63) is 101 Å². The summed E-state index contributed by atoms with van der Waals surface area (Å²) in [5.74, 6) is 0.278. The number of nitrogens with zero attached hydrogens (tertiary/aromatic N) is 2. The van der Waals surface area contributed by atoms with Gasteiger partial charge in [0, 0.05) is 5.56 Å². The van der Waals surface area contributed by atoms with Gasteiger partial charge in [0.2, 0.25) is 5.89 Å². The van der Waals surface area contributed by atoms with Gasteiger partial charge in [-0.25, -0.2) is 9.78 Å². The van der Waals surface area contributed by atoms with Gasteiger partial charge in [0.1, 0.15) is 12.4 Å². The van der Waals surface area contributed by atoms with E-state index in [0.717, 1.165) is 22.3 Å². The lowest BCUT2D eigenvalue weighted by Gasteiger charge is -2.07. The molecular formula is C25H18N2O3. The number of esters is 1. The van der Waals surface area contributed by atoms with E-state index in [0.29, 0.717) is 17.2 Å². The van der Waals surface area contributed by atoms with Gasteiger partial charge in [-0.15, -0.1) is 0 Å². The van der Waals surface area contributed by atoms with Crippen molar-refractivity contribution in [2.24, 2.45) is 0 Å². The van der Waals surface area contributed by atoms with Crippen LogP contribution in [-0.4, -0.2) is 11.0 Å². The quantitative estimate of drug-likeness (QED) is 0.415. The summed E-state index contributed by atoms with van der Waals surface area (Å²) in [7, 11) is 0. The molecule has 0 saturated carbocycles. The number of carbonyl (C=O) groups is 1. The second-order valence-corrected chi connectivity index (χ2v) is 6.72. The van der Waals surface area contributed by atoms with Gasteiger partial charge < -0.3 is 9.15 Å². The third-order valence-corrected chi connectivity index (χ3v) is 4.69. The predicted molar refractivity (Wildman–Crippen MR) is 112 cm³/mol. The molecule has 0 N–H and O–H groups in total. The van der Waals surface area contributed by atoms with Gasteiger partial charge in [-0.2, -0.15) is 5.26 Å². The highest BCUT2D eigenvalue weighted by Crippen LogP contribution is 2.24. The van der Waals surface area contributed by atoms with Gasteiger partial charge in [0.05, 0.1) is 11.6 Å². The lowest BCUT2D eigenvalue weighted by Crippen LogP contribution is -2.07. The molecule has 0 fully saturated rings. The van der Waals surface area contributed by atoms with Crippen molar-refractivity contribution in [2.75, 3.05) is 0 Å². The summed E-state index contributed by atoms with van der Waals surface area (Å²) in [5.41, 5.74) is 4.23. The molecule has 0 aliphatic heterocycles. The largest absolute Gasteiger partial charge is 0.456 e. The van der Waals surface area contributed by atoms with Crippen molar-refractivity contribution in [1.82, 2.24) is 4.98 Å². The van der Waals surface area contributed by atoms with Crippen LogP contribution in [-0.2, 0) is 11.3 Å². The highest BCUT2D eigenvalue weighted by molar-refractivity contribution is 5.88. The van der Waals surface area contributed by atoms with Crippen LogP contribution in [0.3, 0.4) is 0 Å². The minimum atomic E-state index is -0.530. The minimum Gasteiger partial charge on any atom is -0.456 e. The average Bonchev–Trinajstić information content (AvgIpc) is 3.20. The van der Waals surface area contributed by atoms with E-state index >= 15 is 0 Å². The van der Waals surface area contributed by atoms with Gasteiger partial charge in [-0.05, 0) is 41.8 Å². The van der Waals surface area contributed by atoms with E-state index in [1.807, 2.05) is 72.8 Å². The van der Waals surface area contributed by atoms with Crippen LogP contribution in [0.15, 0.2) is 83.3 Å². The number of rotatable bonds is 5. The van der Waals surface area contributed by atoms with Crippen LogP contribution in [0.1, 0.15) is 27.4 Å². The van der Waals surface area contributed by atoms with Gasteiger partial charge in [-0.1, -0.05) is 60.7 Å². The third kappa shape index (κ3) is 3.98. The number of oxazole rings is 1. The maximum Gasteiger partial charge on any atom is 0.360 e. The van der Waals surface area contributed by atoms with E-state index in [1.165, 1.54) is 0 Å². The molecule has 0 amide bonds. The van der Waals surface area contributed by atoms with E-state index in [4.69, 9.17) is 9.15 Å². The zero-order valence-electron chi connectivity index (χ0n) is 16.3. The second kappa shape index (κ2) is 8.46. The fourth-order valence-electron chi connectivity index (χ4n) is 3.12. The summed E-state index contributed by atoms with van der Waals surface area (Å²) in [6.07, 6.45) is 0. The van der Waals surface area contributed by atoms with Gasteiger partial charge >= 0.3 is 5.97 Å². The second-order valence-electron chi connectivity index (χ2n) is 6.72. The Labute approximate surface area is 174 Å². The van der Waals surface area contributed by atoms with Crippen molar-refractivity contribution in [3.8, 4) is 28.7 Å². The van der Waals surface area contributed by atoms with Crippen LogP contribution in [0, 0.1) is 18.3 Å². The number of hydrogen-bond donors (Lipinski definition) is 0. The Balaban J connectivity index is 1.45. The Bertz CT molecular complexity index is 1220. The minimum absolute atomic E-state index is 0.117. The number of aryl methyl sites for hydroxylation is 1. The smallest absolute Gasteiger partial charge is 0.360 e. The molecular weight excluding hydrogens is 376 g/mol. The van der Waals surface area contributed by atoms with Crippen molar-refractivity contribution in [3.63, 3.8) is 0 Å². The Hall–Kier alpha value is -4.17. The fourth-order valence-corrected chi connectivity index (χ4v) is 3.12. The zero-order chi connectivity index (χ0) is 20.9. The molecule has 0 aliphatic carbocycles. The highest BCUT2D eigenvalue weighted by Gasteiger charge is 2.19. The van der Waals surface area contributed by atoms with Crippen LogP contribution >= 0.6 is 0 Å². The van der Waals surface area contributed by atoms with Crippen molar-refractivity contribution in [1.29, 1.82) is 5.26 Å². The Morgan fingerprint density at radius 3 is 2.40 bits per heavy atom. The van der Waals surface area contributed by atoms with Crippen LogP contribution < -0.4 is 0 Å². The maximum atomic E-state index is 12.5. The predicted octanol–water partition coefficient (Wildman–Crippen LogP) is 5.55. The molecule has 0 unspecified atom stereocenters. The van der Waals surface area contributed by atoms with Crippen molar-refractivity contribution < 1.29 is 13.9 Å². The molecule has 5 heteroatoms. The summed E-state index contributed by atoms with van der Waals surface area (Å²) in [4.78, 5) is 16.8. The molecule has 3 aromatic carbocycles. The molecule has 0 saturated heterocycles. The van der Waals surface area contributed by atoms with Crippen molar-refractivity contribution in [2.45, 2.75) is 13.5 Å². The summed E-state index contributed by atoms with van der Waals surface area (Å²) in [5, 5.41) is 9.26. The van der Waals surface area contributed by atoms with Crippen molar-refractivity contribution >= 4 is 5.97 Å². The SMILES string of the molecule is Cc1oc(-c2ccccc2)nc1C(=O)OCc1ccc(-c2ccccc2C#N)cc1. The fraction of sp³-hybridized carbons (Fsp3) is 0.0800. The Morgan fingerprint density at radius 2 is 1.67 bits per heavy atom. The zero-order valence-corrected chi connectivity index (χ0v) is 16.3. The summed E-state index contributed by atoms with van der Waals surface area (Å²) in [6, 6.07) is 26.6. The molecule has 4 aromatic rings. The monoisotopic (exact) mass is 394 g/mol. The van der Waals surface area contributed by atoms with Crippen LogP contribution in [0.25, 0.3) is 22.6 Å². The highest BCUT2D eigenvalue weighted by atomic mass is 16.5. The number of benzene rings is 3. The number of aromatic nitrogens is 1. The van der Waals surface area contributed by atoms with Gasteiger partial charge in [0.15, 0.2) is 5.69 Å². The van der Waals surface area contributed by atoms with Crippen LogP contribution in [0.2, 0.25) is 0 Å². The topological polar surface area (TPSA) is 76.1 Å². The molecule has 0 spiro atoms. The molecule has 0 atom stereocenters. The first-order valence-corrected chi connectivity index (χ1v) is 9.44. The van der Waals surface area contributed by atoms with E-state index < -0.39 is 5.97 Å². The van der Waals surface area contributed by atoms with Gasteiger partial charge in [0.25, 0.3) is 0 Å². The number of ether oxygens (including phenoxy) is 1. The van der Waals surface area contributed by atoms with Gasteiger partial charge in [-0.3, -0.25) is 0 Å². The van der Waals surface area contributed by atoms with Crippen LogP contribution in [0.5, 0.6) is 0 Å². The third-order valence-electron chi connectivity index (χ3n) is 4.69. The lowest BCUT2D eigenvalue weighted by atomic mass is 9.99. The molecule has 5 nitrogen and oxygen atoms in total. The Kier molecular flexibility index (Phi) is 5.40. The molecule has 30 heavy (non-hydrogen) atoms. The maximum absolute atomic E-state index is 12.5. The van der Waals surface area contributed by atoms with Crippen LogP contribution in [0.4, 0.5) is 0 Å². The van der Waals surface area contributed by atoms with E-state index in [-0.39, 0.29) is 12.3 Å². The van der Waals surface area contributed by atoms with E-state index in [1.54, 1.807) is 13.0 Å². The normalized spacial score (nSPS) is 10.4. The number of carbonyl (C=O) groups excluding carboxylic acids is 1. The number of nitriles is 1. The summed E-state index contributed by atoms with van der Waals surface area (Å²) in [6.45, 7) is 1.81. The first-order valence-electron chi connectivity index (χ1n) is 9.44. The molecule has 1 aromatic heterocycles. The number of hydrogen-bond acceptors (Lipinski definition) is 5.